The third kappa shape index (κ3) is 2.54. The number of likely N-dealkylation sites (N-methyl/N-ethyl adjacent to an activating group) is 1. The van der Waals surface area contributed by atoms with Crippen molar-refractivity contribution in [2.24, 2.45) is 5.73 Å². The van der Waals surface area contributed by atoms with Gasteiger partial charge in [0.05, 0.1) is 5.92 Å². The Morgan fingerprint density at radius 1 is 1.53 bits per heavy atom. The van der Waals surface area contributed by atoms with Gasteiger partial charge in [-0.15, -0.1) is 10.2 Å². The average molecular weight is 210 g/mol. The summed E-state index contributed by atoms with van der Waals surface area (Å²) in [5, 5.41) is 8.09. The summed E-state index contributed by atoms with van der Waals surface area (Å²) in [5.41, 5.74) is 5.43. The number of nitrogens with zero attached hydrogens (tertiary/aromatic N) is 3. The maximum atomic E-state index is 5.58. The molecule has 0 bridgehead atoms. The first-order valence-electron chi connectivity index (χ1n) is 5.50. The molecule has 0 spiro atoms. The quantitative estimate of drug-likeness (QED) is 0.781. The fourth-order valence-electron chi connectivity index (χ4n) is 2.02. The summed E-state index contributed by atoms with van der Waals surface area (Å²) in [7, 11) is 2.13. The van der Waals surface area contributed by atoms with Crippen molar-refractivity contribution in [3.63, 3.8) is 0 Å². The SMILES string of the molecule is CN1CCC[C@H](c2nnc(CCN)o2)C1. The molecule has 1 aliphatic heterocycles. The van der Waals surface area contributed by atoms with Crippen molar-refractivity contribution in [3.05, 3.63) is 11.8 Å². The van der Waals surface area contributed by atoms with Gasteiger partial charge in [0.2, 0.25) is 11.8 Å². The van der Waals surface area contributed by atoms with Gasteiger partial charge in [0.1, 0.15) is 0 Å². The van der Waals surface area contributed by atoms with E-state index in [9.17, 15) is 0 Å². The van der Waals surface area contributed by atoms with Crippen molar-refractivity contribution in [2.45, 2.75) is 25.2 Å². The highest BCUT2D eigenvalue weighted by molar-refractivity contribution is 4.95. The van der Waals surface area contributed by atoms with Crippen LogP contribution in [-0.4, -0.2) is 41.8 Å². The van der Waals surface area contributed by atoms with Crippen molar-refractivity contribution >= 4 is 0 Å². The Morgan fingerprint density at radius 2 is 2.40 bits per heavy atom. The Labute approximate surface area is 89.6 Å². The lowest BCUT2D eigenvalue weighted by molar-refractivity contribution is 0.228. The molecule has 1 aliphatic rings. The number of rotatable bonds is 3. The third-order valence-electron chi connectivity index (χ3n) is 2.81. The molecule has 1 aromatic rings. The zero-order valence-electron chi connectivity index (χ0n) is 9.15. The van der Waals surface area contributed by atoms with Crippen molar-refractivity contribution in [3.8, 4) is 0 Å². The van der Waals surface area contributed by atoms with Crippen LogP contribution in [0.4, 0.5) is 0 Å². The molecular weight excluding hydrogens is 192 g/mol. The van der Waals surface area contributed by atoms with Crippen molar-refractivity contribution < 1.29 is 4.42 Å². The van der Waals surface area contributed by atoms with Crippen LogP contribution in [0.5, 0.6) is 0 Å². The predicted octanol–water partition coefficient (Wildman–Crippen LogP) is 0.380. The Balaban J connectivity index is 2.01. The zero-order valence-corrected chi connectivity index (χ0v) is 9.15. The summed E-state index contributed by atoms with van der Waals surface area (Å²) in [6.07, 6.45) is 3.03. The van der Waals surface area contributed by atoms with Crippen LogP contribution in [0.15, 0.2) is 4.42 Å². The summed E-state index contributed by atoms with van der Waals surface area (Å²) in [6.45, 7) is 2.75. The highest BCUT2D eigenvalue weighted by atomic mass is 16.4. The monoisotopic (exact) mass is 210 g/mol. The fourth-order valence-corrected chi connectivity index (χ4v) is 2.02. The van der Waals surface area contributed by atoms with Crippen molar-refractivity contribution in [2.75, 3.05) is 26.7 Å². The summed E-state index contributed by atoms with van der Waals surface area (Å²) >= 11 is 0. The smallest absolute Gasteiger partial charge is 0.220 e. The maximum absolute atomic E-state index is 5.58. The molecule has 0 radical (unpaired) electrons. The van der Waals surface area contributed by atoms with Crippen LogP contribution < -0.4 is 5.73 Å². The van der Waals surface area contributed by atoms with Crippen molar-refractivity contribution in [1.82, 2.24) is 15.1 Å². The van der Waals surface area contributed by atoms with Gasteiger partial charge in [-0.2, -0.15) is 0 Å². The molecule has 0 aromatic carbocycles. The molecule has 15 heavy (non-hydrogen) atoms. The van der Waals surface area contributed by atoms with Gasteiger partial charge >= 0.3 is 0 Å². The molecule has 1 fully saturated rings. The lowest BCUT2D eigenvalue weighted by atomic mass is 9.99. The first kappa shape index (κ1) is 10.6. The molecule has 0 aliphatic carbocycles. The predicted molar refractivity (Wildman–Crippen MR) is 56.5 cm³/mol. The minimum atomic E-state index is 0.405. The third-order valence-corrected chi connectivity index (χ3v) is 2.81. The van der Waals surface area contributed by atoms with E-state index in [2.05, 4.69) is 22.1 Å². The Morgan fingerprint density at radius 3 is 3.13 bits per heavy atom. The standard InChI is InChI=1S/C10H18N4O/c1-14-6-2-3-8(7-14)10-13-12-9(15-10)4-5-11/h8H,2-7,11H2,1H3/t8-/m0/s1. The van der Waals surface area contributed by atoms with Crippen LogP contribution in [0.25, 0.3) is 0 Å². The molecule has 1 saturated heterocycles. The second kappa shape index (κ2) is 4.72. The molecule has 84 valence electrons. The van der Waals surface area contributed by atoms with Crippen LogP contribution in [0.2, 0.25) is 0 Å². The largest absolute Gasteiger partial charge is 0.425 e. The van der Waals surface area contributed by atoms with E-state index in [1.165, 1.54) is 13.0 Å². The molecule has 5 nitrogen and oxygen atoms in total. The summed E-state index contributed by atoms with van der Waals surface area (Å²) < 4.78 is 5.58. The second-order valence-electron chi connectivity index (χ2n) is 4.17. The van der Waals surface area contributed by atoms with E-state index in [4.69, 9.17) is 10.2 Å². The van der Waals surface area contributed by atoms with Crippen molar-refractivity contribution in [1.29, 1.82) is 0 Å². The van der Waals surface area contributed by atoms with E-state index in [0.717, 1.165) is 18.9 Å². The maximum Gasteiger partial charge on any atom is 0.220 e. The molecule has 0 saturated carbocycles. The molecule has 0 amide bonds. The lowest BCUT2D eigenvalue weighted by Crippen LogP contribution is -2.30. The van der Waals surface area contributed by atoms with Crippen LogP contribution in [0.3, 0.4) is 0 Å². The van der Waals surface area contributed by atoms with E-state index >= 15 is 0 Å². The fraction of sp³-hybridized carbons (Fsp3) is 0.800. The molecule has 2 rings (SSSR count). The lowest BCUT2D eigenvalue weighted by Gasteiger charge is -2.27. The van der Waals surface area contributed by atoms with Gasteiger partial charge in [-0.05, 0) is 26.4 Å². The second-order valence-corrected chi connectivity index (χ2v) is 4.17. The Bertz CT molecular complexity index is 312. The highest BCUT2D eigenvalue weighted by Gasteiger charge is 2.23. The normalized spacial score (nSPS) is 23.2. The number of likely N-dealkylation sites (tertiary alicyclic amines) is 1. The van der Waals surface area contributed by atoms with E-state index < -0.39 is 0 Å². The van der Waals surface area contributed by atoms with E-state index in [1.807, 2.05) is 0 Å². The van der Waals surface area contributed by atoms with E-state index in [0.29, 0.717) is 24.8 Å². The van der Waals surface area contributed by atoms with Gasteiger partial charge in [-0.3, -0.25) is 0 Å². The Kier molecular flexibility index (Phi) is 3.33. The number of piperidine rings is 1. The molecule has 2 heterocycles. The summed E-state index contributed by atoms with van der Waals surface area (Å²) in [6, 6.07) is 0. The average Bonchev–Trinajstić information content (AvgIpc) is 2.67. The van der Waals surface area contributed by atoms with Gasteiger partial charge in [-0.1, -0.05) is 0 Å². The number of aromatic nitrogens is 2. The first-order valence-corrected chi connectivity index (χ1v) is 5.50. The van der Waals surface area contributed by atoms with Gasteiger partial charge in [0.15, 0.2) is 0 Å². The van der Waals surface area contributed by atoms with Gasteiger partial charge in [0.25, 0.3) is 0 Å². The van der Waals surface area contributed by atoms with Gasteiger partial charge in [0, 0.05) is 19.5 Å². The molecule has 2 N–H and O–H groups in total. The summed E-state index contributed by atoms with van der Waals surface area (Å²) in [4.78, 5) is 2.31. The molecule has 5 heteroatoms. The number of hydrogen-bond donors (Lipinski definition) is 1. The van der Waals surface area contributed by atoms with E-state index in [-0.39, 0.29) is 0 Å². The number of hydrogen-bond acceptors (Lipinski definition) is 5. The van der Waals surface area contributed by atoms with Crippen LogP contribution in [0.1, 0.15) is 30.5 Å². The van der Waals surface area contributed by atoms with Gasteiger partial charge < -0.3 is 15.1 Å². The summed E-state index contributed by atoms with van der Waals surface area (Å²) in [5.74, 6) is 1.86. The van der Waals surface area contributed by atoms with Crippen LogP contribution >= 0.6 is 0 Å². The van der Waals surface area contributed by atoms with Crippen LogP contribution in [-0.2, 0) is 6.42 Å². The van der Waals surface area contributed by atoms with E-state index in [1.54, 1.807) is 0 Å². The van der Waals surface area contributed by atoms with Crippen LogP contribution in [0, 0.1) is 0 Å². The zero-order chi connectivity index (χ0) is 10.7. The highest BCUT2D eigenvalue weighted by Crippen LogP contribution is 2.24. The molecule has 0 unspecified atom stereocenters. The topological polar surface area (TPSA) is 68.2 Å². The number of nitrogens with two attached hydrogens (primary N) is 1. The Hall–Kier alpha value is -0.940. The first-order chi connectivity index (χ1) is 7.29. The van der Waals surface area contributed by atoms with Gasteiger partial charge in [-0.25, -0.2) is 0 Å². The minimum Gasteiger partial charge on any atom is -0.425 e. The molecule has 1 aromatic heterocycles. The minimum absolute atomic E-state index is 0.405. The molecule has 1 atom stereocenters. The molecular formula is C10H18N4O.